The second kappa shape index (κ2) is 3.95. The quantitative estimate of drug-likeness (QED) is 0.741. The van der Waals surface area contributed by atoms with Crippen LogP contribution < -0.4 is 0 Å². The third-order valence-corrected chi connectivity index (χ3v) is 4.51. The smallest absolute Gasteiger partial charge is 0.133 e. The molecule has 0 spiro atoms. The molecule has 1 aromatic rings. The average Bonchev–Trinajstić information content (AvgIpc) is 2.38. The minimum Gasteiger partial charge on any atom is -0.373 e. The van der Waals surface area contributed by atoms with Crippen LogP contribution in [0.4, 0.5) is 0 Å². The van der Waals surface area contributed by atoms with Crippen LogP contribution in [0.5, 0.6) is 0 Å². The molecule has 1 saturated carbocycles. The third kappa shape index (κ3) is 1.54. The van der Waals surface area contributed by atoms with Crippen molar-refractivity contribution in [2.24, 2.45) is 5.92 Å². The molecule has 0 heterocycles. The van der Waals surface area contributed by atoms with Crippen molar-refractivity contribution < 1.29 is 9.53 Å². The molecule has 0 bridgehead atoms. The van der Waals surface area contributed by atoms with Crippen LogP contribution in [0.2, 0.25) is 0 Å². The normalized spacial score (nSPS) is 31.8. The molecule has 0 radical (unpaired) electrons. The van der Waals surface area contributed by atoms with E-state index < -0.39 is 0 Å². The number of carbonyl (C=O) groups is 1. The van der Waals surface area contributed by atoms with Gasteiger partial charge in [-0.3, -0.25) is 4.79 Å². The van der Waals surface area contributed by atoms with Gasteiger partial charge in [-0.2, -0.15) is 0 Å². The van der Waals surface area contributed by atoms with Gasteiger partial charge in [-0.15, -0.1) is 0 Å². The summed E-state index contributed by atoms with van der Waals surface area (Å²) < 4.78 is 5.91. The Balaban J connectivity index is 2.09. The van der Waals surface area contributed by atoms with Crippen molar-refractivity contribution in [3.05, 3.63) is 35.4 Å². The van der Waals surface area contributed by atoms with Crippen molar-refractivity contribution in [3.8, 4) is 0 Å². The van der Waals surface area contributed by atoms with Gasteiger partial charge in [0.25, 0.3) is 0 Å². The zero-order valence-corrected chi connectivity index (χ0v) is 10.2. The third-order valence-electron chi connectivity index (χ3n) is 4.51. The van der Waals surface area contributed by atoms with Gasteiger partial charge in [0, 0.05) is 20.0 Å². The van der Waals surface area contributed by atoms with E-state index in [1.165, 1.54) is 11.1 Å². The number of ketones is 1. The summed E-state index contributed by atoms with van der Waals surface area (Å²) in [6.07, 6.45) is 4.38. The van der Waals surface area contributed by atoms with Gasteiger partial charge in [0.15, 0.2) is 0 Å². The maximum atomic E-state index is 11.6. The second-order valence-corrected chi connectivity index (χ2v) is 5.23. The van der Waals surface area contributed by atoms with Gasteiger partial charge in [-0.05, 0) is 36.3 Å². The summed E-state index contributed by atoms with van der Waals surface area (Å²) in [6.45, 7) is 0. The molecule has 0 saturated heterocycles. The van der Waals surface area contributed by atoms with Crippen LogP contribution in [0.1, 0.15) is 36.8 Å². The molecule has 0 unspecified atom stereocenters. The molecular formula is C15H18O2. The molecule has 2 aliphatic rings. The summed E-state index contributed by atoms with van der Waals surface area (Å²) in [5.74, 6) is 0.783. The predicted molar refractivity (Wildman–Crippen MR) is 65.8 cm³/mol. The number of methoxy groups -OCH3 is 1. The topological polar surface area (TPSA) is 26.3 Å². The molecule has 17 heavy (non-hydrogen) atoms. The van der Waals surface area contributed by atoms with E-state index in [-0.39, 0.29) is 5.60 Å². The SMILES string of the molecule is CO[C@@]12CCC(=O)C[C@@H]1CCc1ccccc12. The van der Waals surface area contributed by atoms with Crippen LogP contribution in [0, 0.1) is 5.92 Å². The Bertz CT molecular complexity index is 452. The summed E-state index contributed by atoms with van der Waals surface area (Å²) in [5, 5.41) is 0. The fourth-order valence-electron chi connectivity index (χ4n) is 3.62. The molecule has 2 atom stereocenters. The Hall–Kier alpha value is -1.15. The van der Waals surface area contributed by atoms with Gasteiger partial charge in [0.1, 0.15) is 5.78 Å². The summed E-state index contributed by atoms with van der Waals surface area (Å²) >= 11 is 0. The van der Waals surface area contributed by atoms with Crippen LogP contribution in [0.25, 0.3) is 0 Å². The lowest BCUT2D eigenvalue weighted by atomic mass is 9.64. The number of aryl methyl sites for hydroxylation is 1. The van der Waals surface area contributed by atoms with Gasteiger partial charge in [-0.25, -0.2) is 0 Å². The van der Waals surface area contributed by atoms with Crippen LogP contribution >= 0.6 is 0 Å². The number of fused-ring (bicyclic) bond motifs is 3. The Labute approximate surface area is 102 Å². The predicted octanol–water partition coefficient (Wildman–Crippen LogP) is 2.84. The zero-order valence-electron chi connectivity index (χ0n) is 10.2. The number of carbonyl (C=O) groups excluding carboxylic acids is 1. The van der Waals surface area contributed by atoms with E-state index in [0.29, 0.717) is 24.5 Å². The number of hydrogen-bond donors (Lipinski definition) is 0. The van der Waals surface area contributed by atoms with Gasteiger partial charge in [0.05, 0.1) is 5.60 Å². The van der Waals surface area contributed by atoms with Crippen molar-refractivity contribution >= 4 is 5.78 Å². The first-order valence-corrected chi connectivity index (χ1v) is 6.41. The molecular weight excluding hydrogens is 212 g/mol. The number of ether oxygens (including phenoxy) is 1. The van der Waals surface area contributed by atoms with Gasteiger partial charge in [0.2, 0.25) is 0 Å². The van der Waals surface area contributed by atoms with Crippen LogP contribution in [0.15, 0.2) is 24.3 Å². The van der Waals surface area contributed by atoms with Gasteiger partial charge < -0.3 is 4.74 Å². The van der Waals surface area contributed by atoms with Crippen molar-refractivity contribution in [2.75, 3.05) is 7.11 Å². The number of hydrogen-bond acceptors (Lipinski definition) is 2. The summed E-state index contributed by atoms with van der Waals surface area (Å²) in [6, 6.07) is 8.55. The minimum atomic E-state index is -0.192. The zero-order chi connectivity index (χ0) is 11.9. The van der Waals surface area contributed by atoms with Gasteiger partial charge in [-0.1, -0.05) is 24.3 Å². The number of benzene rings is 1. The molecule has 90 valence electrons. The van der Waals surface area contributed by atoms with E-state index in [0.717, 1.165) is 19.3 Å². The molecule has 2 nitrogen and oxygen atoms in total. The van der Waals surface area contributed by atoms with Crippen molar-refractivity contribution in [3.63, 3.8) is 0 Å². The van der Waals surface area contributed by atoms with Crippen LogP contribution in [-0.2, 0) is 21.6 Å². The Morgan fingerprint density at radius 1 is 1.29 bits per heavy atom. The highest BCUT2D eigenvalue weighted by atomic mass is 16.5. The molecule has 3 rings (SSSR count). The second-order valence-electron chi connectivity index (χ2n) is 5.23. The van der Waals surface area contributed by atoms with E-state index in [4.69, 9.17) is 4.74 Å². The summed E-state index contributed by atoms with van der Waals surface area (Å²) in [7, 11) is 1.80. The molecule has 1 fully saturated rings. The fourth-order valence-corrected chi connectivity index (χ4v) is 3.62. The highest BCUT2D eigenvalue weighted by molar-refractivity contribution is 5.80. The lowest BCUT2D eigenvalue weighted by molar-refractivity contribution is -0.139. The van der Waals surface area contributed by atoms with Gasteiger partial charge >= 0.3 is 0 Å². The molecule has 1 aromatic carbocycles. The maximum absolute atomic E-state index is 11.6. The highest BCUT2D eigenvalue weighted by Crippen LogP contribution is 2.49. The Morgan fingerprint density at radius 3 is 2.94 bits per heavy atom. The summed E-state index contributed by atoms with van der Waals surface area (Å²) in [5.41, 5.74) is 2.54. The number of Topliss-reactive ketones (excluding diaryl/α,β-unsaturated/α-hetero) is 1. The molecule has 0 amide bonds. The van der Waals surface area contributed by atoms with Crippen LogP contribution in [0.3, 0.4) is 0 Å². The average molecular weight is 230 g/mol. The number of rotatable bonds is 1. The van der Waals surface area contributed by atoms with E-state index in [1.54, 1.807) is 7.11 Å². The van der Waals surface area contributed by atoms with E-state index in [9.17, 15) is 4.79 Å². The van der Waals surface area contributed by atoms with E-state index in [1.807, 2.05) is 0 Å². The van der Waals surface area contributed by atoms with E-state index in [2.05, 4.69) is 24.3 Å². The Morgan fingerprint density at radius 2 is 2.12 bits per heavy atom. The lowest BCUT2D eigenvalue weighted by Crippen LogP contribution is -2.45. The lowest BCUT2D eigenvalue weighted by Gasteiger charge is -2.47. The first kappa shape index (κ1) is 11.0. The molecule has 0 aliphatic heterocycles. The largest absolute Gasteiger partial charge is 0.373 e. The standard InChI is InChI=1S/C15H18O2/c1-17-15-9-8-13(16)10-12(15)7-6-11-4-2-3-5-14(11)15/h2-5,12H,6-10H2,1H3/t12-,15-/m0/s1. The monoisotopic (exact) mass is 230 g/mol. The molecule has 0 aromatic heterocycles. The molecule has 2 heteroatoms. The first-order chi connectivity index (χ1) is 8.26. The van der Waals surface area contributed by atoms with Crippen molar-refractivity contribution in [1.29, 1.82) is 0 Å². The Kier molecular flexibility index (Phi) is 2.55. The van der Waals surface area contributed by atoms with Crippen LogP contribution in [-0.4, -0.2) is 12.9 Å². The molecule has 0 N–H and O–H groups in total. The first-order valence-electron chi connectivity index (χ1n) is 6.41. The van der Waals surface area contributed by atoms with Crippen molar-refractivity contribution in [2.45, 2.75) is 37.7 Å². The minimum absolute atomic E-state index is 0.192. The fraction of sp³-hybridized carbons (Fsp3) is 0.533. The highest BCUT2D eigenvalue weighted by Gasteiger charge is 2.47. The van der Waals surface area contributed by atoms with Crippen molar-refractivity contribution in [1.82, 2.24) is 0 Å². The van der Waals surface area contributed by atoms with E-state index >= 15 is 0 Å². The molecule has 2 aliphatic carbocycles. The maximum Gasteiger partial charge on any atom is 0.133 e. The summed E-state index contributed by atoms with van der Waals surface area (Å²) in [4.78, 5) is 11.6.